The Kier molecular flexibility index (Phi) is 4.37. The molecule has 1 saturated carbocycles. The molecular weight excluding hydrogens is 295 g/mol. The van der Waals surface area contributed by atoms with E-state index < -0.39 is 0 Å². The number of amides is 1. The largest absolute Gasteiger partial charge is 0.497 e. The molecule has 1 amide bonds. The van der Waals surface area contributed by atoms with E-state index in [1.165, 1.54) is 12.1 Å². The molecule has 1 aliphatic carbocycles. The van der Waals surface area contributed by atoms with Gasteiger partial charge >= 0.3 is 0 Å². The van der Waals surface area contributed by atoms with Crippen LogP contribution in [0.25, 0.3) is 0 Å². The fourth-order valence-electron chi connectivity index (χ4n) is 2.54. The van der Waals surface area contributed by atoms with Crippen molar-refractivity contribution in [1.29, 1.82) is 0 Å². The van der Waals surface area contributed by atoms with Crippen LogP contribution in [0.2, 0.25) is 0 Å². The van der Waals surface area contributed by atoms with Crippen LogP contribution >= 0.6 is 0 Å². The van der Waals surface area contributed by atoms with Gasteiger partial charge < -0.3 is 4.74 Å². The van der Waals surface area contributed by atoms with Crippen molar-refractivity contribution in [2.75, 3.05) is 7.11 Å². The molecule has 0 aliphatic heterocycles. The zero-order valence-corrected chi connectivity index (χ0v) is 12.7. The smallest absolute Gasteiger partial charge is 0.243 e. The van der Waals surface area contributed by atoms with Gasteiger partial charge in [-0.25, -0.2) is 9.82 Å². The molecule has 3 rings (SSSR count). The first-order valence-corrected chi connectivity index (χ1v) is 7.40. The topological polar surface area (TPSA) is 50.7 Å². The Morgan fingerprint density at radius 3 is 2.83 bits per heavy atom. The maximum Gasteiger partial charge on any atom is 0.243 e. The number of carbonyl (C=O) groups excluding carboxylic acids is 1. The van der Waals surface area contributed by atoms with E-state index in [1.807, 2.05) is 24.3 Å². The van der Waals surface area contributed by atoms with E-state index in [4.69, 9.17) is 4.74 Å². The van der Waals surface area contributed by atoms with Crippen molar-refractivity contribution in [2.24, 2.45) is 11.0 Å². The Morgan fingerprint density at radius 1 is 1.30 bits per heavy atom. The van der Waals surface area contributed by atoms with E-state index in [0.717, 1.165) is 23.3 Å². The van der Waals surface area contributed by atoms with Gasteiger partial charge in [0.2, 0.25) is 5.91 Å². The number of hydrogen-bond acceptors (Lipinski definition) is 3. The van der Waals surface area contributed by atoms with Gasteiger partial charge in [0.05, 0.1) is 13.3 Å². The number of halogens is 1. The van der Waals surface area contributed by atoms with Gasteiger partial charge in [0.15, 0.2) is 0 Å². The third-order valence-corrected chi connectivity index (χ3v) is 3.91. The molecule has 0 heterocycles. The average molecular weight is 312 g/mol. The van der Waals surface area contributed by atoms with Crippen molar-refractivity contribution in [3.8, 4) is 5.75 Å². The second-order valence-electron chi connectivity index (χ2n) is 5.51. The van der Waals surface area contributed by atoms with Crippen molar-refractivity contribution in [3.63, 3.8) is 0 Å². The molecule has 0 bridgehead atoms. The summed E-state index contributed by atoms with van der Waals surface area (Å²) in [6.45, 7) is 0. The molecule has 23 heavy (non-hydrogen) atoms. The molecule has 2 unspecified atom stereocenters. The van der Waals surface area contributed by atoms with Gasteiger partial charge in [-0.3, -0.25) is 4.79 Å². The quantitative estimate of drug-likeness (QED) is 0.681. The first kappa shape index (κ1) is 15.2. The van der Waals surface area contributed by atoms with E-state index in [0.29, 0.717) is 0 Å². The van der Waals surface area contributed by atoms with Gasteiger partial charge in [-0.05, 0) is 47.7 Å². The van der Waals surface area contributed by atoms with E-state index in [9.17, 15) is 9.18 Å². The van der Waals surface area contributed by atoms with Crippen molar-refractivity contribution in [3.05, 3.63) is 65.5 Å². The number of carbonyl (C=O) groups is 1. The Hall–Kier alpha value is -2.69. The van der Waals surface area contributed by atoms with Gasteiger partial charge in [0.25, 0.3) is 0 Å². The van der Waals surface area contributed by atoms with Crippen LogP contribution in [-0.4, -0.2) is 19.2 Å². The van der Waals surface area contributed by atoms with Crippen LogP contribution in [0.4, 0.5) is 4.39 Å². The number of benzene rings is 2. The van der Waals surface area contributed by atoms with Crippen LogP contribution in [0.5, 0.6) is 5.75 Å². The fourth-order valence-corrected chi connectivity index (χ4v) is 2.54. The van der Waals surface area contributed by atoms with Crippen LogP contribution in [0.15, 0.2) is 53.6 Å². The highest BCUT2D eigenvalue weighted by molar-refractivity contribution is 5.85. The number of methoxy groups -OCH3 is 1. The molecule has 1 fully saturated rings. The lowest BCUT2D eigenvalue weighted by atomic mass is 10.1. The maximum absolute atomic E-state index is 12.9. The summed E-state index contributed by atoms with van der Waals surface area (Å²) < 4.78 is 18.0. The van der Waals surface area contributed by atoms with Crippen molar-refractivity contribution in [2.45, 2.75) is 12.3 Å². The van der Waals surface area contributed by atoms with Crippen molar-refractivity contribution >= 4 is 12.1 Å². The zero-order valence-electron chi connectivity index (χ0n) is 12.7. The predicted octanol–water partition coefficient (Wildman–Crippen LogP) is 3.09. The molecule has 1 N–H and O–H groups in total. The Balaban J connectivity index is 1.54. The monoisotopic (exact) mass is 312 g/mol. The lowest BCUT2D eigenvalue weighted by Gasteiger charge is -2.01. The first-order chi connectivity index (χ1) is 11.2. The second-order valence-corrected chi connectivity index (χ2v) is 5.51. The minimum absolute atomic E-state index is 0.0945. The number of nitrogens with zero attached hydrogens (tertiary/aromatic N) is 1. The number of hydrazone groups is 1. The van der Waals surface area contributed by atoms with Crippen LogP contribution < -0.4 is 10.2 Å². The highest BCUT2D eigenvalue weighted by atomic mass is 19.1. The molecule has 118 valence electrons. The third-order valence-electron chi connectivity index (χ3n) is 3.91. The lowest BCUT2D eigenvalue weighted by molar-refractivity contribution is -0.122. The summed E-state index contributed by atoms with van der Waals surface area (Å²) in [6.07, 6.45) is 2.35. The van der Waals surface area contributed by atoms with E-state index in [1.54, 1.807) is 25.5 Å². The lowest BCUT2D eigenvalue weighted by Crippen LogP contribution is -2.20. The van der Waals surface area contributed by atoms with E-state index in [-0.39, 0.29) is 23.6 Å². The highest BCUT2D eigenvalue weighted by Gasteiger charge is 2.43. The molecule has 0 spiro atoms. The summed E-state index contributed by atoms with van der Waals surface area (Å²) in [4.78, 5) is 12.0. The standard InChI is InChI=1S/C18H17FN2O2/c1-23-15-4-2-3-12(9-15)11-20-21-18(22)17-10-16(17)13-5-7-14(19)8-6-13/h2-9,11,16-17H,10H2,1H3,(H,21,22). The maximum atomic E-state index is 12.9. The Bertz CT molecular complexity index is 728. The Morgan fingerprint density at radius 2 is 2.09 bits per heavy atom. The number of nitrogens with one attached hydrogen (secondary N) is 1. The molecular formula is C18H17FN2O2. The number of ether oxygens (including phenoxy) is 1. The first-order valence-electron chi connectivity index (χ1n) is 7.40. The van der Waals surface area contributed by atoms with E-state index >= 15 is 0 Å². The van der Waals surface area contributed by atoms with Gasteiger partial charge in [0, 0.05) is 5.92 Å². The molecule has 2 aromatic rings. The van der Waals surface area contributed by atoms with Crippen molar-refractivity contribution in [1.82, 2.24) is 5.43 Å². The van der Waals surface area contributed by atoms with Crippen LogP contribution in [0.1, 0.15) is 23.5 Å². The third kappa shape index (κ3) is 3.74. The minimum Gasteiger partial charge on any atom is -0.497 e. The SMILES string of the molecule is COc1cccc(C=NNC(=O)C2CC2c2ccc(F)cc2)c1. The zero-order chi connectivity index (χ0) is 16.2. The summed E-state index contributed by atoms with van der Waals surface area (Å²) in [7, 11) is 1.60. The van der Waals surface area contributed by atoms with Crippen LogP contribution in [-0.2, 0) is 4.79 Å². The number of hydrogen-bond donors (Lipinski definition) is 1. The summed E-state index contributed by atoms with van der Waals surface area (Å²) in [5, 5.41) is 3.98. The highest BCUT2D eigenvalue weighted by Crippen LogP contribution is 2.47. The fraction of sp³-hybridized carbons (Fsp3) is 0.222. The summed E-state index contributed by atoms with van der Waals surface area (Å²) in [5.74, 6) is 0.418. The van der Waals surface area contributed by atoms with E-state index in [2.05, 4.69) is 10.5 Å². The molecule has 0 radical (unpaired) electrons. The molecule has 4 nitrogen and oxygen atoms in total. The summed E-state index contributed by atoms with van der Waals surface area (Å²) in [5.41, 5.74) is 4.39. The predicted molar refractivity (Wildman–Crippen MR) is 86.0 cm³/mol. The van der Waals surface area contributed by atoms with Gasteiger partial charge in [-0.2, -0.15) is 5.10 Å². The van der Waals surface area contributed by atoms with Gasteiger partial charge in [0.1, 0.15) is 11.6 Å². The summed E-state index contributed by atoms with van der Waals surface area (Å²) >= 11 is 0. The van der Waals surface area contributed by atoms with Crippen LogP contribution in [0.3, 0.4) is 0 Å². The molecule has 5 heteroatoms. The van der Waals surface area contributed by atoms with Crippen LogP contribution in [0, 0.1) is 11.7 Å². The van der Waals surface area contributed by atoms with Gasteiger partial charge in [-0.1, -0.05) is 24.3 Å². The van der Waals surface area contributed by atoms with Gasteiger partial charge in [-0.15, -0.1) is 0 Å². The second kappa shape index (κ2) is 6.60. The summed E-state index contributed by atoms with van der Waals surface area (Å²) in [6, 6.07) is 13.7. The Labute approximate surface area is 134 Å². The minimum atomic E-state index is -0.265. The molecule has 1 aliphatic rings. The molecule has 2 atom stereocenters. The molecule has 0 saturated heterocycles. The average Bonchev–Trinajstić information content (AvgIpc) is 3.36. The van der Waals surface area contributed by atoms with Crippen molar-refractivity contribution < 1.29 is 13.9 Å². The molecule has 0 aromatic heterocycles. The molecule has 2 aromatic carbocycles. The normalized spacial score (nSPS) is 19.6. The number of rotatable bonds is 5.